The minimum absolute atomic E-state index is 0.0648. The molecule has 2 atom stereocenters. The molecule has 0 aromatic heterocycles. The van der Waals surface area contributed by atoms with Gasteiger partial charge in [-0.2, -0.15) is 5.10 Å². The van der Waals surface area contributed by atoms with Gasteiger partial charge in [0.1, 0.15) is 5.75 Å². The number of anilines is 1. The van der Waals surface area contributed by atoms with Gasteiger partial charge in [0.15, 0.2) is 0 Å². The van der Waals surface area contributed by atoms with Crippen molar-refractivity contribution in [1.29, 1.82) is 0 Å². The molecular weight excluding hydrogens is 386 g/mol. The van der Waals surface area contributed by atoms with Gasteiger partial charge in [-0.05, 0) is 37.6 Å². The highest BCUT2D eigenvalue weighted by molar-refractivity contribution is 6.08. The Morgan fingerprint density at radius 1 is 1.00 bits per heavy atom. The van der Waals surface area contributed by atoms with Crippen molar-refractivity contribution in [3.05, 3.63) is 94.5 Å². The third kappa shape index (κ3) is 2.37. The Kier molecular flexibility index (Phi) is 3.64. The standard InChI is InChI=1S/C26H23N3O2/c1-16-8-11-18(12-9-16)21-15-23-19-6-4-5-7-24(19)31-26(29(23)27-21)20-14-17(2)10-13-22(20)28(3)25(26)30/h4-14,23H,15H2,1-3H3. The first kappa shape index (κ1) is 18.2. The number of amides is 1. The molecule has 1 amide bonds. The van der Waals surface area contributed by atoms with Crippen LogP contribution in [0.2, 0.25) is 0 Å². The molecule has 1 spiro atoms. The zero-order valence-corrected chi connectivity index (χ0v) is 17.8. The number of hydrazone groups is 1. The third-order valence-corrected chi connectivity index (χ3v) is 6.63. The first-order valence-electron chi connectivity index (χ1n) is 10.6. The summed E-state index contributed by atoms with van der Waals surface area (Å²) in [6.07, 6.45) is 0.726. The summed E-state index contributed by atoms with van der Waals surface area (Å²) in [5.74, 6) is 0.640. The second kappa shape index (κ2) is 6.20. The van der Waals surface area contributed by atoms with Gasteiger partial charge >= 0.3 is 5.72 Å². The maximum absolute atomic E-state index is 13.8. The number of nitrogens with zero attached hydrogens (tertiary/aromatic N) is 3. The highest BCUT2D eigenvalue weighted by Gasteiger charge is 2.62. The van der Waals surface area contributed by atoms with E-state index in [1.54, 1.807) is 4.90 Å². The van der Waals surface area contributed by atoms with Crippen LogP contribution in [0.4, 0.5) is 5.69 Å². The molecule has 3 aliphatic heterocycles. The molecule has 3 aromatic carbocycles. The molecule has 154 valence electrons. The Balaban J connectivity index is 1.59. The minimum Gasteiger partial charge on any atom is -0.453 e. The van der Waals surface area contributed by atoms with E-state index in [0.29, 0.717) is 0 Å². The van der Waals surface area contributed by atoms with Crippen LogP contribution in [-0.2, 0) is 10.5 Å². The Bertz CT molecular complexity index is 1260. The quantitative estimate of drug-likeness (QED) is 0.586. The second-order valence-electron chi connectivity index (χ2n) is 8.65. The molecule has 0 bridgehead atoms. The Hall–Kier alpha value is -3.60. The smallest absolute Gasteiger partial charge is 0.306 e. The lowest BCUT2D eigenvalue weighted by Gasteiger charge is -2.44. The van der Waals surface area contributed by atoms with Crippen LogP contribution < -0.4 is 9.64 Å². The topological polar surface area (TPSA) is 45.1 Å². The van der Waals surface area contributed by atoms with Gasteiger partial charge in [-0.15, -0.1) is 0 Å². The van der Waals surface area contributed by atoms with Crippen LogP contribution >= 0.6 is 0 Å². The molecule has 0 saturated heterocycles. The summed E-state index contributed by atoms with van der Waals surface area (Å²) in [5, 5.41) is 6.95. The Morgan fingerprint density at radius 2 is 1.74 bits per heavy atom. The van der Waals surface area contributed by atoms with E-state index in [9.17, 15) is 4.79 Å². The summed E-state index contributed by atoms with van der Waals surface area (Å²) >= 11 is 0. The van der Waals surface area contributed by atoms with Crippen LogP contribution in [0.1, 0.15) is 40.3 Å². The second-order valence-corrected chi connectivity index (χ2v) is 8.65. The molecule has 3 aromatic rings. The number of aryl methyl sites for hydroxylation is 2. The first-order chi connectivity index (χ1) is 15.0. The van der Waals surface area contributed by atoms with Gasteiger partial charge in [-0.25, -0.2) is 5.01 Å². The van der Waals surface area contributed by atoms with E-state index in [4.69, 9.17) is 9.84 Å². The van der Waals surface area contributed by atoms with Gasteiger partial charge in [0.25, 0.3) is 5.91 Å². The lowest BCUT2D eigenvalue weighted by atomic mass is 9.92. The summed E-state index contributed by atoms with van der Waals surface area (Å²) in [6.45, 7) is 4.12. The number of carbonyl (C=O) groups is 1. The van der Waals surface area contributed by atoms with Crippen LogP contribution in [0.3, 0.4) is 0 Å². The molecule has 3 aliphatic rings. The summed E-state index contributed by atoms with van der Waals surface area (Å²) in [5.41, 5.74) is 5.85. The molecule has 0 N–H and O–H groups in total. The summed E-state index contributed by atoms with van der Waals surface area (Å²) in [7, 11) is 1.81. The maximum Gasteiger partial charge on any atom is 0.306 e. The first-order valence-corrected chi connectivity index (χ1v) is 10.6. The van der Waals surface area contributed by atoms with Crippen LogP contribution in [0.5, 0.6) is 5.75 Å². The number of hydrogen-bond acceptors (Lipinski definition) is 4. The highest BCUT2D eigenvalue weighted by atomic mass is 16.5. The van der Waals surface area contributed by atoms with E-state index in [1.165, 1.54) is 5.56 Å². The molecule has 2 unspecified atom stereocenters. The molecule has 0 radical (unpaired) electrons. The van der Waals surface area contributed by atoms with Crippen LogP contribution in [0.25, 0.3) is 0 Å². The van der Waals surface area contributed by atoms with E-state index >= 15 is 0 Å². The van der Waals surface area contributed by atoms with E-state index in [-0.39, 0.29) is 11.9 Å². The van der Waals surface area contributed by atoms with Crippen molar-refractivity contribution >= 4 is 17.3 Å². The van der Waals surface area contributed by atoms with E-state index < -0.39 is 5.72 Å². The lowest BCUT2D eigenvalue weighted by molar-refractivity contribution is -0.163. The Morgan fingerprint density at radius 3 is 2.55 bits per heavy atom. The average molecular weight is 409 g/mol. The summed E-state index contributed by atoms with van der Waals surface area (Å²) in [4.78, 5) is 15.5. The zero-order chi connectivity index (χ0) is 21.3. The van der Waals surface area contributed by atoms with Crippen molar-refractivity contribution in [1.82, 2.24) is 5.01 Å². The maximum atomic E-state index is 13.8. The van der Waals surface area contributed by atoms with E-state index in [1.807, 2.05) is 49.3 Å². The average Bonchev–Trinajstić information content (AvgIpc) is 3.31. The number of likely N-dealkylation sites (N-methyl/N-ethyl adjacent to an activating group) is 1. The zero-order valence-electron chi connectivity index (χ0n) is 17.8. The van der Waals surface area contributed by atoms with Crippen molar-refractivity contribution < 1.29 is 9.53 Å². The SMILES string of the molecule is Cc1ccc(C2=NN3C(C2)c2ccccc2OC32C(=O)N(C)c3ccc(C)cc32)cc1. The molecule has 3 heterocycles. The van der Waals surface area contributed by atoms with Crippen LogP contribution in [0.15, 0.2) is 71.8 Å². The largest absolute Gasteiger partial charge is 0.453 e. The number of hydrogen-bond donors (Lipinski definition) is 0. The fourth-order valence-corrected chi connectivity index (χ4v) is 5.00. The minimum atomic E-state index is -1.29. The van der Waals surface area contributed by atoms with Gasteiger partial charge in [0.05, 0.1) is 23.0 Å². The fourth-order valence-electron chi connectivity index (χ4n) is 5.00. The van der Waals surface area contributed by atoms with E-state index in [2.05, 4.69) is 43.3 Å². The predicted molar refractivity (Wildman–Crippen MR) is 120 cm³/mol. The van der Waals surface area contributed by atoms with E-state index in [0.717, 1.165) is 45.8 Å². The molecule has 5 heteroatoms. The number of ether oxygens (including phenoxy) is 1. The number of benzene rings is 3. The van der Waals surface area contributed by atoms with Crippen molar-refractivity contribution in [3.8, 4) is 5.75 Å². The monoisotopic (exact) mass is 409 g/mol. The summed E-state index contributed by atoms with van der Waals surface area (Å²) < 4.78 is 6.59. The van der Waals surface area contributed by atoms with Crippen LogP contribution in [0, 0.1) is 13.8 Å². The number of carbonyl (C=O) groups excluding carboxylic acids is 1. The van der Waals surface area contributed by atoms with Gasteiger partial charge in [-0.1, -0.05) is 59.7 Å². The predicted octanol–water partition coefficient (Wildman–Crippen LogP) is 4.68. The molecule has 0 saturated carbocycles. The van der Waals surface area contributed by atoms with Gasteiger partial charge < -0.3 is 9.64 Å². The number of fused-ring (bicyclic) bond motifs is 6. The molecule has 31 heavy (non-hydrogen) atoms. The highest BCUT2D eigenvalue weighted by Crippen LogP contribution is 2.55. The van der Waals surface area contributed by atoms with Gasteiger partial charge in [0, 0.05) is 19.0 Å². The Labute approximate surface area is 181 Å². The molecule has 0 aliphatic carbocycles. The molecule has 5 nitrogen and oxygen atoms in total. The van der Waals surface area contributed by atoms with Crippen LogP contribution in [-0.4, -0.2) is 23.7 Å². The molecule has 6 rings (SSSR count). The summed E-state index contributed by atoms with van der Waals surface area (Å²) in [6, 6.07) is 22.4. The molecule has 0 fully saturated rings. The van der Waals surface area contributed by atoms with Crippen molar-refractivity contribution in [3.63, 3.8) is 0 Å². The number of para-hydroxylation sites is 1. The fraction of sp³-hybridized carbons (Fsp3) is 0.231. The normalized spacial score (nSPS) is 23.4. The third-order valence-electron chi connectivity index (χ3n) is 6.63. The molecular formula is C26H23N3O2. The van der Waals surface area contributed by atoms with Crippen molar-refractivity contribution in [2.45, 2.75) is 32.0 Å². The number of rotatable bonds is 1. The van der Waals surface area contributed by atoms with Gasteiger partial charge in [0.2, 0.25) is 0 Å². The lowest BCUT2D eigenvalue weighted by Crippen LogP contribution is -2.56. The van der Waals surface area contributed by atoms with Crippen molar-refractivity contribution in [2.75, 3.05) is 11.9 Å². The van der Waals surface area contributed by atoms with Crippen molar-refractivity contribution in [2.24, 2.45) is 5.10 Å². The van der Waals surface area contributed by atoms with Gasteiger partial charge in [-0.3, -0.25) is 4.79 Å².